The van der Waals surface area contributed by atoms with Gasteiger partial charge in [0.05, 0.1) is 18.6 Å². The first-order chi connectivity index (χ1) is 14.8. The van der Waals surface area contributed by atoms with E-state index in [1.54, 1.807) is 50.4 Å². The lowest BCUT2D eigenvalue weighted by Crippen LogP contribution is -2.30. The standard InChI is InChI=1S/C23H25N3O4S/c1-17-9-10-19(24-23(27)16-26(2)20-7-5-4-6-8-20)15-22(17)31(28,29)25-18-11-13-21(30-3)14-12-18/h4-15,25H,16H2,1-3H3,(H,24,27). The highest BCUT2D eigenvalue weighted by Gasteiger charge is 2.18. The van der Waals surface area contributed by atoms with Crippen molar-refractivity contribution in [3.05, 3.63) is 78.4 Å². The molecule has 0 saturated carbocycles. The molecule has 7 nitrogen and oxygen atoms in total. The minimum atomic E-state index is -3.84. The lowest BCUT2D eigenvalue weighted by atomic mass is 10.2. The van der Waals surface area contributed by atoms with Gasteiger partial charge in [-0.05, 0) is 61.0 Å². The van der Waals surface area contributed by atoms with Crippen molar-refractivity contribution in [2.75, 3.05) is 35.6 Å². The van der Waals surface area contributed by atoms with Gasteiger partial charge in [-0.3, -0.25) is 9.52 Å². The second-order valence-corrected chi connectivity index (χ2v) is 8.70. The minimum Gasteiger partial charge on any atom is -0.497 e. The van der Waals surface area contributed by atoms with Crippen LogP contribution in [0.15, 0.2) is 77.7 Å². The summed E-state index contributed by atoms with van der Waals surface area (Å²) in [7, 11) is -0.481. The third-order valence-corrected chi connectivity index (χ3v) is 6.20. The van der Waals surface area contributed by atoms with Crippen LogP contribution in [0, 0.1) is 6.92 Å². The monoisotopic (exact) mass is 439 g/mol. The van der Waals surface area contributed by atoms with Crippen molar-refractivity contribution >= 4 is 33.0 Å². The molecule has 1 amide bonds. The minimum absolute atomic E-state index is 0.0949. The Balaban J connectivity index is 1.73. The van der Waals surface area contributed by atoms with Gasteiger partial charge in [-0.2, -0.15) is 0 Å². The van der Waals surface area contributed by atoms with Gasteiger partial charge in [0.1, 0.15) is 5.75 Å². The number of aryl methyl sites for hydroxylation is 1. The maximum Gasteiger partial charge on any atom is 0.262 e. The smallest absolute Gasteiger partial charge is 0.262 e. The van der Waals surface area contributed by atoms with Crippen LogP contribution in [-0.4, -0.2) is 35.0 Å². The quantitative estimate of drug-likeness (QED) is 0.556. The summed E-state index contributed by atoms with van der Waals surface area (Å²) in [6.07, 6.45) is 0. The van der Waals surface area contributed by atoms with E-state index in [9.17, 15) is 13.2 Å². The van der Waals surface area contributed by atoms with E-state index in [4.69, 9.17) is 4.74 Å². The number of nitrogens with zero attached hydrogens (tertiary/aromatic N) is 1. The summed E-state index contributed by atoms with van der Waals surface area (Å²) in [5, 5.41) is 2.77. The van der Waals surface area contributed by atoms with Crippen molar-refractivity contribution in [2.24, 2.45) is 0 Å². The number of para-hydroxylation sites is 1. The van der Waals surface area contributed by atoms with Crippen LogP contribution in [-0.2, 0) is 14.8 Å². The average Bonchev–Trinajstić information content (AvgIpc) is 2.75. The summed E-state index contributed by atoms with van der Waals surface area (Å²) < 4.78 is 33.5. The predicted molar refractivity (Wildman–Crippen MR) is 123 cm³/mol. The highest BCUT2D eigenvalue weighted by atomic mass is 32.2. The first-order valence-electron chi connectivity index (χ1n) is 9.62. The van der Waals surface area contributed by atoms with Crippen molar-refractivity contribution in [1.82, 2.24) is 0 Å². The molecule has 0 aromatic heterocycles. The zero-order valence-electron chi connectivity index (χ0n) is 17.6. The van der Waals surface area contributed by atoms with Crippen LogP contribution < -0.4 is 19.7 Å². The van der Waals surface area contributed by atoms with E-state index in [1.807, 2.05) is 42.3 Å². The number of anilines is 3. The molecule has 162 valence electrons. The fourth-order valence-electron chi connectivity index (χ4n) is 3.03. The van der Waals surface area contributed by atoms with Gasteiger partial charge < -0.3 is 15.0 Å². The molecule has 3 aromatic carbocycles. The van der Waals surface area contributed by atoms with E-state index in [1.165, 1.54) is 6.07 Å². The van der Waals surface area contributed by atoms with Crippen molar-refractivity contribution < 1.29 is 17.9 Å². The number of amides is 1. The summed E-state index contributed by atoms with van der Waals surface area (Å²) in [6.45, 7) is 1.83. The van der Waals surface area contributed by atoms with E-state index in [2.05, 4.69) is 10.0 Å². The number of carbonyl (C=O) groups is 1. The van der Waals surface area contributed by atoms with Gasteiger partial charge in [-0.25, -0.2) is 8.42 Å². The highest BCUT2D eigenvalue weighted by Crippen LogP contribution is 2.24. The SMILES string of the molecule is COc1ccc(NS(=O)(=O)c2cc(NC(=O)CN(C)c3ccccc3)ccc2C)cc1. The Kier molecular flexibility index (Phi) is 6.81. The molecule has 3 aromatic rings. The van der Waals surface area contributed by atoms with E-state index >= 15 is 0 Å². The number of carbonyl (C=O) groups excluding carboxylic acids is 1. The topological polar surface area (TPSA) is 87.7 Å². The number of rotatable bonds is 8. The first kappa shape index (κ1) is 22.2. The summed E-state index contributed by atoms with van der Waals surface area (Å²) >= 11 is 0. The number of methoxy groups -OCH3 is 1. The average molecular weight is 440 g/mol. The zero-order valence-corrected chi connectivity index (χ0v) is 18.4. The molecule has 0 bridgehead atoms. The molecule has 0 atom stereocenters. The molecular formula is C23H25N3O4S. The largest absolute Gasteiger partial charge is 0.497 e. The Morgan fingerprint density at radius 2 is 1.61 bits per heavy atom. The van der Waals surface area contributed by atoms with Gasteiger partial charge >= 0.3 is 0 Å². The molecule has 0 aliphatic carbocycles. The number of hydrogen-bond acceptors (Lipinski definition) is 5. The van der Waals surface area contributed by atoms with Crippen LogP contribution in [0.5, 0.6) is 5.75 Å². The number of hydrogen-bond donors (Lipinski definition) is 2. The van der Waals surface area contributed by atoms with Crippen LogP contribution in [0.2, 0.25) is 0 Å². The zero-order chi connectivity index (χ0) is 22.4. The fraction of sp³-hybridized carbons (Fsp3) is 0.174. The summed E-state index contributed by atoms with van der Waals surface area (Å²) in [5.74, 6) is 0.381. The molecule has 0 aliphatic rings. The Labute approximate surface area is 182 Å². The Morgan fingerprint density at radius 1 is 0.968 bits per heavy atom. The Bertz CT molecular complexity index is 1150. The molecule has 31 heavy (non-hydrogen) atoms. The maximum absolute atomic E-state index is 12.9. The molecule has 0 aliphatic heterocycles. The van der Waals surface area contributed by atoms with Gasteiger partial charge in [-0.1, -0.05) is 24.3 Å². The highest BCUT2D eigenvalue weighted by molar-refractivity contribution is 7.92. The van der Waals surface area contributed by atoms with E-state index in [0.717, 1.165) is 5.69 Å². The van der Waals surface area contributed by atoms with Crippen LogP contribution in [0.3, 0.4) is 0 Å². The molecule has 8 heteroatoms. The van der Waals surface area contributed by atoms with Crippen molar-refractivity contribution in [3.63, 3.8) is 0 Å². The van der Waals surface area contributed by atoms with Crippen LogP contribution in [0.25, 0.3) is 0 Å². The van der Waals surface area contributed by atoms with Gasteiger partial charge in [0.15, 0.2) is 0 Å². The molecule has 0 radical (unpaired) electrons. The van der Waals surface area contributed by atoms with Crippen molar-refractivity contribution in [2.45, 2.75) is 11.8 Å². The molecule has 3 rings (SSSR count). The molecule has 0 heterocycles. The lowest BCUT2D eigenvalue weighted by Gasteiger charge is -2.19. The van der Waals surface area contributed by atoms with Crippen molar-refractivity contribution in [1.29, 1.82) is 0 Å². The summed E-state index contributed by atoms with van der Waals surface area (Å²) in [6, 6.07) is 20.9. The third kappa shape index (κ3) is 5.76. The van der Waals surface area contributed by atoms with Crippen LogP contribution in [0.1, 0.15) is 5.56 Å². The second-order valence-electron chi connectivity index (χ2n) is 7.05. The third-order valence-electron chi connectivity index (χ3n) is 4.68. The normalized spacial score (nSPS) is 10.9. The molecule has 0 spiro atoms. The molecule has 0 unspecified atom stereocenters. The van der Waals surface area contributed by atoms with E-state index < -0.39 is 10.0 Å². The number of likely N-dealkylation sites (N-methyl/N-ethyl adjacent to an activating group) is 1. The second kappa shape index (κ2) is 9.53. The maximum atomic E-state index is 12.9. The summed E-state index contributed by atoms with van der Waals surface area (Å²) in [5.41, 5.74) is 2.31. The molecule has 2 N–H and O–H groups in total. The molecule has 0 saturated heterocycles. The van der Waals surface area contributed by atoms with Crippen molar-refractivity contribution in [3.8, 4) is 5.75 Å². The first-order valence-corrected chi connectivity index (χ1v) is 11.1. The number of sulfonamides is 1. The predicted octanol–water partition coefficient (Wildman–Crippen LogP) is 3.88. The van der Waals surface area contributed by atoms with E-state index in [-0.39, 0.29) is 17.3 Å². The Hall–Kier alpha value is -3.52. The van der Waals surface area contributed by atoms with Gasteiger partial charge in [0.2, 0.25) is 5.91 Å². The molecular weight excluding hydrogens is 414 g/mol. The van der Waals surface area contributed by atoms with Crippen LogP contribution >= 0.6 is 0 Å². The van der Waals surface area contributed by atoms with Gasteiger partial charge in [-0.15, -0.1) is 0 Å². The molecule has 0 fully saturated rings. The van der Waals surface area contributed by atoms with Gasteiger partial charge in [0.25, 0.3) is 10.0 Å². The van der Waals surface area contributed by atoms with Gasteiger partial charge in [0, 0.05) is 24.1 Å². The number of benzene rings is 3. The Morgan fingerprint density at radius 3 is 2.26 bits per heavy atom. The van der Waals surface area contributed by atoms with Crippen LogP contribution in [0.4, 0.5) is 17.1 Å². The lowest BCUT2D eigenvalue weighted by molar-refractivity contribution is -0.114. The number of nitrogens with one attached hydrogen (secondary N) is 2. The number of ether oxygens (including phenoxy) is 1. The fourth-order valence-corrected chi connectivity index (χ4v) is 4.36. The summed E-state index contributed by atoms with van der Waals surface area (Å²) in [4.78, 5) is 14.4. The van der Waals surface area contributed by atoms with E-state index in [0.29, 0.717) is 22.7 Å².